The van der Waals surface area contributed by atoms with Gasteiger partial charge in [-0.25, -0.2) is 4.98 Å². The van der Waals surface area contributed by atoms with Crippen molar-refractivity contribution in [2.45, 2.75) is 45.3 Å². The van der Waals surface area contributed by atoms with Crippen LogP contribution in [0.1, 0.15) is 32.6 Å². The predicted molar refractivity (Wildman–Crippen MR) is 90.2 cm³/mol. The molecule has 0 unspecified atom stereocenters. The summed E-state index contributed by atoms with van der Waals surface area (Å²) < 4.78 is 57.3. The fourth-order valence-electron chi connectivity index (χ4n) is 3.03. The van der Waals surface area contributed by atoms with Crippen molar-refractivity contribution in [2.75, 3.05) is 11.9 Å². The number of ether oxygens (including phenoxy) is 1. The summed E-state index contributed by atoms with van der Waals surface area (Å²) in [6.07, 6.45) is 3.33. The van der Waals surface area contributed by atoms with Crippen LogP contribution in [0.3, 0.4) is 0 Å². The predicted octanol–water partition coefficient (Wildman–Crippen LogP) is 4.32. The minimum Gasteiger partial charge on any atom is -0.475 e. The van der Waals surface area contributed by atoms with E-state index in [1.165, 1.54) is 12.4 Å². The maximum Gasteiger partial charge on any atom is 0.408 e. The molecule has 0 radical (unpaired) electrons. The first kappa shape index (κ1) is 19.4. The topological polar surface area (TPSA) is 64.9 Å². The van der Waals surface area contributed by atoms with Crippen molar-refractivity contribution in [1.82, 2.24) is 19.7 Å². The van der Waals surface area contributed by atoms with Gasteiger partial charge in [-0.15, -0.1) is 0 Å². The molecule has 10 heteroatoms. The van der Waals surface area contributed by atoms with Crippen LogP contribution in [0.25, 0.3) is 0 Å². The molecule has 0 saturated heterocycles. The van der Waals surface area contributed by atoms with E-state index in [0.717, 1.165) is 36.6 Å². The van der Waals surface area contributed by atoms with Crippen LogP contribution >= 0.6 is 0 Å². The Morgan fingerprint density at radius 1 is 1.22 bits per heavy atom. The summed E-state index contributed by atoms with van der Waals surface area (Å²) >= 11 is 0. The fraction of sp³-hybridized carbons (Fsp3) is 0.588. The van der Waals surface area contributed by atoms with Crippen LogP contribution in [-0.4, -0.2) is 32.5 Å². The summed E-state index contributed by atoms with van der Waals surface area (Å²) in [6.45, 7) is 1.40. The van der Waals surface area contributed by atoms with E-state index in [2.05, 4.69) is 27.3 Å². The van der Waals surface area contributed by atoms with Crippen LogP contribution in [0.5, 0.6) is 5.88 Å². The molecule has 0 bridgehead atoms. The lowest BCUT2D eigenvalue weighted by Gasteiger charge is -2.25. The molecular formula is C17H21F4N5O. The Balaban J connectivity index is 1.59. The first-order valence-electron chi connectivity index (χ1n) is 8.80. The second kappa shape index (κ2) is 8.10. The number of halogens is 4. The van der Waals surface area contributed by atoms with Crippen molar-refractivity contribution in [3.63, 3.8) is 0 Å². The molecular weight excluding hydrogens is 366 g/mol. The molecule has 1 aliphatic rings. The highest BCUT2D eigenvalue weighted by Crippen LogP contribution is 2.29. The molecule has 0 spiro atoms. The third-order valence-corrected chi connectivity index (χ3v) is 4.53. The lowest BCUT2D eigenvalue weighted by atomic mass is 9.83. The molecule has 0 atom stereocenters. The van der Waals surface area contributed by atoms with Gasteiger partial charge >= 0.3 is 6.18 Å². The van der Waals surface area contributed by atoms with Crippen molar-refractivity contribution < 1.29 is 22.3 Å². The standard InChI is InChI=1S/C17H21F4N5O/c1-11-2-4-12(5-3-11)9-27-15-14(18)7-22-16(25-15)24-13-6-23-26(8-13)10-17(19,20)21/h6-8,11-12H,2-5,9-10H2,1H3,(H,22,24,25)/t11-,12-. The Bertz CT molecular complexity index is 756. The molecule has 1 N–H and O–H groups in total. The zero-order valence-electron chi connectivity index (χ0n) is 14.8. The van der Waals surface area contributed by atoms with E-state index in [1.807, 2.05) is 0 Å². The molecule has 2 heterocycles. The Hall–Kier alpha value is -2.39. The fourth-order valence-corrected chi connectivity index (χ4v) is 3.03. The highest BCUT2D eigenvalue weighted by molar-refractivity contribution is 5.50. The van der Waals surface area contributed by atoms with Gasteiger partial charge in [0.15, 0.2) is 0 Å². The second-order valence-electron chi connectivity index (χ2n) is 6.95. The zero-order chi connectivity index (χ0) is 19.4. The van der Waals surface area contributed by atoms with Gasteiger partial charge in [0.1, 0.15) is 6.54 Å². The van der Waals surface area contributed by atoms with Crippen LogP contribution in [0.2, 0.25) is 0 Å². The summed E-state index contributed by atoms with van der Waals surface area (Å²) in [7, 11) is 0. The quantitative estimate of drug-likeness (QED) is 0.748. The Labute approximate surface area is 154 Å². The Kier molecular flexibility index (Phi) is 5.81. The van der Waals surface area contributed by atoms with E-state index in [9.17, 15) is 17.6 Å². The minimum absolute atomic E-state index is 0.0234. The lowest BCUT2D eigenvalue weighted by molar-refractivity contribution is -0.142. The molecule has 1 aliphatic carbocycles. The largest absolute Gasteiger partial charge is 0.475 e. The number of aromatic nitrogens is 4. The monoisotopic (exact) mass is 387 g/mol. The van der Waals surface area contributed by atoms with Crippen LogP contribution in [0, 0.1) is 17.7 Å². The van der Waals surface area contributed by atoms with Crippen LogP contribution in [0.15, 0.2) is 18.6 Å². The van der Waals surface area contributed by atoms with E-state index in [4.69, 9.17) is 4.74 Å². The number of nitrogens with zero attached hydrogens (tertiary/aromatic N) is 4. The van der Waals surface area contributed by atoms with Gasteiger partial charge in [0.25, 0.3) is 5.88 Å². The molecule has 2 aromatic heterocycles. The van der Waals surface area contributed by atoms with Crippen molar-refractivity contribution in [3.05, 3.63) is 24.4 Å². The van der Waals surface area contributed by atoms with E-state index >= 15 is 0 Å². The summed E-state index contributed by atoms with van der Waals surface area (Å²) in [4.78, 5) is 7.76. The van der Waals surface area contributed by atoms with Crippen molar-refractivity contribution >= 4 is 11.6 Å². The van der Waals surface area contributed by atoms with E-state index in [-0.39, 0.29) is 17.5 Å². The van der Waals surface area contributed by atoms with Gasteiger partial charge in [-0.05, 0) is 24.7 Å². The molecule has 148 valence electrons. The molecule has 6 nitrogen and oxygen atoms in total. The number of rotatable bonds is 6. The molecule has 3 rings (SSSR count). The van der Waals surface area contributed by atoms with Gasteiger partial charge in [-0.3, -0.25) is 4.68 Å². The number of hydrogen-bond donors (Lipinski definition) is 1. The van der Waals surface area contributed by atoms with Gasteiger partial charge in [-0.2, -0.15) is 27.6 Å². The highest BCUT2D eigenvalue weighted by atomic mass is 19.4. The molecule has 27 heavy (non-hydrogen) atoms. The third-order valence-electron chi connectivity index (χ3n) is 4.53. The first-order valence-corrected chi connectivity index (χ1v) is 8.80. The van der Waals surface area contributed by atoms with Crippen LogP contribution in [0.4, 0.5) is 29.2 Å². The third kappa shape index (κ3) is 5.80. The van der Waals surface area contributed by atoms with Crippen molar-refractivity contribution in [1.29, 1.82) is 0 Å². The maximum atomic E-state index is 13.9. The average Bonchev–Trinajstić information content (AvgIpc) is 3.01. The van der Waals surface area contributed by atoms with Gasteiger partial charge in [0.05, 0.1) is 24.7 Å². The Morgan fingerprint density at radius 2 is 1.96 bits per heavy atom. The molecule has 2 aromatic rings. The summed E-state index contributed by atoms with van der Waals surface area (Å²) in [5.74, 6) is 0.250. The molecule has 0 amide bonds. The number of anilines is 2. The smallest absolute Gasteiger partial charge is 0.408 e. The van der Waals surface area contributed by atoms with E-state index < -0.39 is 18.5 Å². The number of nitrogens with one attached hydrogen (secondary N) is 1. The molecule has 1 fully saturated rings. The summed E-state index contributed by atoms with van der Waals surface area (Å²) in [5, 5.41) is 6.32. The van der Waals surface area contributed by atoms with E-state index in [1.54, 1.807) is 0 Å². The van der Waals surface area contributed by atoms with Gasteiger partial charge < -0.3 is 10.1 Å². The summed E-state index contributed by atoms with van der Waals surface area (Å²) in [5.41, 5.74) is 0.262. The number of alkyl halides is 3. The van der Waals surface area contributed by atoms with Gasteiger partial charge in [-0.1, -0.05) is 19.8 Å². The lowest BCUT2D eigenvalue weighted by Crippen LogP contribution is -2.19. The van der Waals surface area contributed by atoms with Gasteiger partial charge in [0, 0.05) is 6.20 Å². The first-order chi connectivity index (χ1) is 12.8. The van der Waals surface area contributed by atoms with Crippen LogP contribution < -0.4 is 10.1 Å². The SMILES string of the molecule is C[C@H]1CC[C@H](COc2nc(Nc3cnn(CC(F)(F)F)c3)ncc2F)CC1. The molecule has 1 saturated carbocycles. The molecule has 0 aliphatic heterocycles. The maximum absolute atomic E-state index is 13.9. The second-order valence-corrected chi connectivity index (χ2v) is 6.95. The van der Waals surface area contributed by atoms with Crippen molar-refractivity contribution in [3.8, 4) is 5.88 Å². The number of hydrogen-bond acceptors (Lipinski definition) is 5. The van der Waals surface area contributed by atoms with Crippen molar-refractivity contribution in [2.24, 2.45) is 11.8 Å². The highest BCUT2D eigenvalue weighted by Gasteiger charge is 2.28. The van der Waals surface area contributed by atoms with Gasteiger partial charge in [0.2, 0.25) is 11.8 Å². The van der Waals surface area contributed by atoms with E-state index in [0.29, 0.717) is 18.4 Å². The minimum atomic E-state index is -4.37. The average molecular weight is 387 g/mol. The Morgan fingerprint density at radius 3 is 2.67 bits per heavy atom. The summed E-state index contributed by atoms with van der Waals surface area (Å²) in [6, 6.07) is 0. The van der Waals surface area contributed by atoms with Crippen LogP contribution in [-0.2, 0) is 6.54 Å². The normalized spacial score (nSPS) is 20.5. The zero-order valence-corrected chi connectivity index (χ0v) is 14.8. The molecule has 0 aromatic carbocycles.